The first-order valence-corrected chi connectivity index (χ1v) is 5.65. The molecule has 96 valence electrons. The van der Waals surface area contributed by atoms with E-state index in [0.717, 1.165) is 19.3 Å². The molecule has 0 radical (unpaired) electrons. The molecule has 2 fully saturated rings. The number of aliphatic hydroxyl groups is 2. The summed E-state index contributed by atoms with van der Waals surface area (Å²) in [5, 5.41) is 17.0. The molecule has 2 aliphatic heterocycles. The maximum atomic E-state index is 8.50. The van der Waals surface area contributed by atoms with E-state index in [1.165, 1.54) is 0 Å². The number of aliphatic hydroxyl groups excluding tert-OH is 2. The number of hydrogen-bond acceptors (Lipinski definition) is 6. The fourth-order valence-corrected chi connectivity index (χ4v) is 1.73. The Morgan fingerprint density at radius 2 is 1.75 bits per heavy atom. The summed E-state index contributed by atoms with van der Waals surface area (Å²) < 4.78 is 10.1. The molecule has 6 heteroatoms. The van der Waals surface area contributed by atoms with Gasteiger partial charge < -0.3 is 31.2 Å². The van der Waals surface area contributed by atoms with Gasteiger partial charge in [0.2, 0.25) is 0 Å². The van der Waals surface area contributed by atoms with Gasteiger partial charge in [-0.25, -0.2) is 0 Å². The molecule has 2 heterocycles. The first-order valence-electron chi connectivity index (χ1n) is 5.65. The van der Waals surface area contributed by atoms with E-state index in [1.807, 2.05) is 0 Å². The van der Waals surface area contributed by atoms with Crippen LogP contribution in [0.15, 0.2) is 0 Å². The second kappa shape index (κ2) is 7.16. The van der Waals surface area contributed by atoms with Crippen molar-refractivity contribution >= 4 is 0 Å². The Morgan fingerprint density at radius 3 is 2.00 bits per heavy atom. The fraction of sp³-hybridized carbons (Fsp3) is 1.00. The van der Waals surface area contributed by atoms with Gasteiger partial charge in [-0.3, -0.25) is 0 Å². The van der Waals surface area contributed by atoms with E-state index in [0.29, 0.717) is 6.61 Å². The van der Waals surface area contributed by atoms with E-state index < -0.39 is 0 Å². The van der Waals surface area contributed by atoms with Crippen LogP contribution < -0.4 is 11.5 Å². The largest absolute Gasteiger partial charge is 0.394 e. The third-order valence-corrected chi connectivity index (χ3v) is 2.66. The van der Waals surface area contributed by atoms with Crippen molar-refractivity contribution in [2.75, 3.05) is 19.8 Å². The Hall–Kier alpha value is -0.240. The average molecular weight is 234 g/mol. The highest BCUT2D eigenvalue weighted by molar-refractivity contribution is 4.74. The molecule has 0 aromatic heterocycles. The zero-order valence-electron chi connectivity index (χ0n) is 9.42. The van der Waals surface area contributed by atoms with Crippen molar-refractivity contribution in [1.29, 1.82) is 0 Å². The molecule has 16 heavy (non-hydrogen) atoms. The van der Waals surface area contributed by atoms with E-state index in [9.17, 15) is 0 Å². The van der Waals surface area contributed by atoms with E-state index in [4.69, 9.17) is 31.2 Å². The molecule has 2 saturated heterocycles. The molecule has 0 bridgehead atoms. The Kier molecular flexibility index (Phi) is 6.18. The van der Waals surface area contributed by atoms with Crippen LogP contribution in [0.3, 0.4) is 0 Å². The Balaban J connectivity index is 0.000000160. The van der Waals surface area contributed by atoms with Crippen LogP contribution in [0.5, 0.6) is 0 Å². The van der Waals surface area contributed by atoms with E-state index >= 15 is 0 Å². The fourth-order valence-electron chi connectivity index (χ4n) is 1.73. The topological polar surface area (TPSA) is 111 Å². The summed E-state index contributed by atoms with van der Waals surface area (Å²) in [6, 6.07) is 0.146. The zero-order chi connectivity index (χ0) is 12.0. The van der Waals surface area contributed by atoms with Gasteiger partial charge >= 0.3 is 0 Å². The van der Waals surface area contributed by atoms with Crippen molar-refractivity contribution in [3.8, 4) is 0 Å². The predicted octanol–water partition coefficient (Wildman–Crippen LogP) is -1.46. The van der Waals surface area contributed by atoms with Crippen LogP contribution >= 0.6 is 0 Å². The van der Waals surface area contributed by atoms with Crippen LogP contribution in [-0.2, 0) is 9.47 Å². The monoisotopic (exact) mass is 234 g/mol. The van der Waals surface area contributed by atoms with Crippen LogP contribution in [0.1, 0.15) is 19.3 Å². The highest BCUT2D eigenvalue weighted by Gasteiger charge is 2.21. The van der Waals surface area contributed by atoms with Gasteiger partial charge in [0.25, 0.3) is 0 Å². The Morgan fingerprint density at radius 1 is 1.06 bits per heavy atom. The molecular weight excluding hydrogens is 212 g/mol. The normalized spacial score (nSPS) is 38.2. The summed E-state index contributed by atoms with van der Waals surface area (Å²) in [4.78, 5) is 0. The lowest BCUT2D eigenvalue weighted by molar-refractivity contribution is 0.0148. The molecule has 0 amide bonds. The molecule has 0 spiro atoms. The molecule has 2 aliphatic rings. The summed E-state index contributed by atoms with van der Waals surface area (Å²) in [5.74, 6) is 0. The maximum absolute atomic E-state index is 8.50. The summed E-state index contributed by atoms with van der Waals surface area (Å²) in [6.07, 6.45) is 2.46. The minimum atomic E-state index is -0.132. The van der Waals surface area contributed by atoms with Crippen molar-refractivity contribution in [3.63, 3.8) is 0 Å². The van der Waals surface area contributed by atoms with Crippen LogP contribution in [0, 0.1) is 0 Å². The van der Waals surface area contributed by atoms with Gasteiger partial charge in [-0.05, 0) is 19.3 Å². The summed E-state index contributed by atoms with van der Waals surface area (Å²) >= 11 is 0. The van der Waals surface area contributed by atoms with E-state index in [-0.39, 0.29) is 37.7 Å². The molecule has 0 aliphatic carbocycles. The lowest BCUT2D eigenvalue weighted by atomic mass is 10.2. The van der Waals surface area contributed by atoms with Crippen LogP contribution in [0.4, 0.5) is 0 Å². The van der Waals surface area contributed by atoms with Crippen molar-refractivity contribution in [2.45, 2.75) is 43.7 Å². The molecule has 1 unspecified atom stereocenters. The van der Waals surface area contributed by atoms with Crippen molar-refractivity contribution in [3.05, 3.63) is 0 Å². The van der Waals surface area contributed by atoms with Gasteiger partial charge in [0.05, 0.1) is 32.0 Å². The average Bonchev–Trinajstić information content (AvgIpc) is 2.88. The molecule has 2 rings (SSSR count). The van der Waals surface area contributed by atoms with Crippen LogP contribution in [0.25, 0.3) is 0 Å². The molecule has 4 atom stereocenters. The maximum Gasteiger partial charge on any atom is 0.106 e. The molecule has 0 saturated carbocycles. The predicted molar refractivity (Wildman–Crippen MR) is 58.6 cm³/mol. The Labute approximate surface area is 95.5 Å². The first kappa shape index (κ1) is 13.8. The van der Waals surface area contributed by atoms with Gasteiger partial charge in [-0.1, -0.05) is 0 Å². The highest BCUT2D eigenvalue weighted by Crippen LogP contribution is 2.14. The number of rotatable bonds is 2. The van der Waals surface area contributed by atoms with Gasteiger partial charge in [-0.15, -0.1) is 0 Å². The van der Waals surface area contributed by atoms with E-state index in [2.05, 4.69) is 0 Å². The lowest BCUT2D eigenvalue weighted by Gasteiger charge is -2.04. The Bertz CT molecular complexity index is 174. The zero-order valence-corrected chi connectivity index (χ0v) is 9.42. The third-order valence-electron chi connectivity index (χ3n) is 2.66. The van der Waals surface area contributed by atoms with Gasteiger partial charge in [-0.2, -0.15) is 0 Å². The summed E-state index contributed by atoms with van der Waals surface area (Å²) in [7, 11) is 0. The van der Waals surface area contributed by atoms with E-state index in [1.54, 1.807) is 0 Å². The molecule has 0 aromatic rings. The number of ether oxygens (including phenoxy) is 2. The van der Waals surface area contributed by atoms with Crippen molar-refractivity contribution in [1.82, 2.24) is 0 Å². The minimum absolute atomic E-state index is 0.00463. The SMILES string of the molecule is NC1CC[C@@H](CO)O1.N[C@H]1CO[C@@H](CO)C1. The summed E-state index contributed by atoms with van der Waals surface area (Å²) in [6.45, 7) is 0.812. The second-order valence-corrected chi connectivity index (χ2v) is 4.19. The molecular formula is C10H22N2O4. The quantitative estimate of drug-likeness (QED) is 0.464. The lowest BCUT2D eigenvalue weighted by Crippen LogP contribution is -2.21. The van der Waals surface area contributed by atoms with Crippen LogP contribution in [0.2, 0.25) is 0 Å². The third kappa shape index (κ3) is 4.73. The number of nitrogens with two attached hydrogens (primary N) is 2. The smallest absolute Gasteiger partial charge is 0.106 e. The van der Waals surface area contributed by atoms with Gasteiger partial charge in [0.1, 0.15) is 6.23 Å². The van der Waals surface area contributed by atoms with Gasteiger partial charge in [0, 0.05) is 6.04 Å². The second-order valence-electron chi connectivity index (χ2n) is 4.19. The first-order chi connectivity index (χ1) is 7.65. The van der Waals surface area contributed by atoms with Crippen LogP contribution in [-0.4, -0.2) is 54.5 Å². The summed E-state index contributed by atoms with van der Waals surface area (Å²) in [5.41, 5.74) is 10.8. The molecule has 6 nitrogen and oxygen atoms in total. The van der Waals surface area contributed by atoms with Crippen molar-refractivity contribution < 1.29 is 19.7 Å². The number of hydrogen-bond donors (Lipinski definition) is 4. The minimum Gasteiger partial charge on any atom is -0.394 e. The highest BCUT2D eigenvalue weighted by atomic mass is 16.5. The molecule has 0 aromatic carbocycles. The molecule has 6 N–H and O–H groups in total. The standard InChI is InChI=1S/2C5H11NO2/c6-4-1-5(2-7)8-3-4;6-5-2-1-4(3-7)8-5/h2*4-5,7H,1-3,6H2/t4-,5-;4-,5?/m10/s1. The van der Waals surface area contributed by atoms with Crippen molar-refractivity contribution in [2.24, 2.45) is 11.5 Å². The van der Waals surface area contributed by atoms with Gasteiger partial charge in [0.15, 0.2) is 0 Å².